The van der Waals surface area contributed by atoms with Crippen LogP contribution >= 0.6 is 0 Å². The number of nitrogens with one attached hydrogen (secondary N) is 1. The maximum Gasteiger partial charge on any atom is 0.248 e. The number of anilines is 1. The van der Waals surface area contributed by atoms with Crippen molar-refractivity contribution in [3.63, 3.8) is 0 Å². The predicted octanol–water partition coefficient (Wildman–Crippen LogP) is 1.34. The van der Waals surface area contributed by atoms with E-state index in [1.54, 1.807) is 10.9 Å². The number of carbonyl (C=O) groups is 1. The molecule has 0 saturated heterocycles. The van der Waals surface area contributed by atoms with Crippen molar-refractivity contribution in [3.8, 4) is 0 Å². The molecular formula is C9H13N3O. The molecule has 0 aromatic carbocycles. The van der Waals surface area contributed by atoms with Crippen molar-refractivity contribution in [1.29, 1.82) is 0 Å². The molecule has 0 aliphatic carbocycles. The Morgan fingerprint density at radius 3 is 3.08 bits per heavy atom. The average molecular weight is 179 g/mol. The molecule has 0 aliphatic heterocycles. The van der Waals surface area contributed by atoms with E-state index in [1.807, 2.05) is 13.8 Å². The van der Waals surface area contributed by atoms with Crippen LogP contribution in [0.1, 0.15) is 12.5 Å². The summed E-state index contributed by atoms with van der Waals surface area (Å²) in [5.74, 6) is 0.533. The molecule has 0 bridgehead atoms. The fourth-order valence-electron chi connectivity index (χ4n) is 1.05. The Balaban J connectivity index is 2.91. The molecule has 1 amide bonds. The number of hydrogen-bond donors (Lipinski definition) is 1. The summed E-state index contributed by atoms with van der Waals surface area (Å²) in [5, 5.41) is 6.79. The van der Waals surface area contributed by atoms with Crippen LogP contribution in [0.15, 0.2) is 18.9 Å². The summed E-state index contributed by atoms with van der Waals surface area (Å²) in [6.07, 6.45) is 2.97. The molecule has 1 aromatic heterocycles. The number of aryl methyl sites for hydroxylation is 2. The van der Waals surface area contributed by atoms with Crippen LogP contribution in [0, 0.1) is 6.92 Å². The number of nitrogens with zero attached hydrogens (tertiary/aromatic N) is 2. The van der Waals surface area contributed by atoms with E-state index in [0.717, 1.165) is 17.9 Å². The molecule has 0 unspecified atom stereocenters. The summed E-state index contributed by atoms with van der Waals surface area (Å²) < 4.78 is 1.73. The van der Waals surface area contributed by atoms with Crippen LogP contribution in [-0.2, 0) is 11.3 Å². The second-order valence-electron chi connectivity index (χ2n) is 2.69. The molecule has 0 radical (unpaired) electrons. The van der Waals surface area contributed by atoms with Gasteiger partial charge < -0.3 is 5.32 Å². The van der Waals surface area contributed by atoms with Crippen LogP contribution in [0.3, 0.4) is 0 Å². The van der Waals surface area contributed by atoms with Crippen LogP contribution in [0.2, 0.25) is 0 Å². The summed E-state index contributed by atoms with van der Waals surface area (Å²) >= 11 is 0. The molecule has 0 aliphatic rings. The van der Waals surface area contributed by atoms with Gasteiger partial charge in [-0.2, -0.15) is 5.10 Å². The van der Waals surface area contributed by atoms with Crippen molar-refractivity contribution in [2.75, 3.05) is 5.32 Å². The molecule has 1 aromatic rings. The van der Waals surface area contributed by atoms with Gasteiger partial charge in [-0.15, -0.1) is 0 Å². The number of amides is 1. The van der Waals surface area contributed by atoms with Crippen molar-refractivity contribution in [1.82, 2.24) is 9.78 Å². The van der Waals surface area contributed by atoms with Gasteiger partial charge in [0.05, 0.1) is 6.20 Å². The van der Waals surface area contributed by atoms with Gasteiger partial charge in [0, 0.05) is 12.1 Å². The first-order chi connectivity index (χ1) is 6.19. The third-order valence-corrected chi connectivity index (χ3v) is 1.75. The van der Waals surface area contributed by atoms with E-state index in [2.05, 4.69) is 17.0 Å². The molecule has 70 valence electrons. The summed E-state index contributed by atoms with van der Waals surface area (Å²) in [6.45, 7) is 7.99. The second kappa shape index (κ2) is 3.89. The zero-order chi connectivity index (χ0) is 9.84. The van der Waals surface area contributed by atoms with Crippen molar-refractivity contribution in [3.05, 3.63) is 24.4 Å². The molecule has 0 spiro atoms. The Kier molecular flexibility index (Phi) is 2.84. The first kappa shape index (κ1) is 9.51. The minimum atomic E-state index is -0.210. The number of hydrogen-bond acceptors (Lipinski definition) is 2. The second-order valence-corrected chi connectivity index (χ2v) is 2.69. The molecule has 4 nitrogen and oxygen atoms in total. The van der Waals surface area contributed by atoms with Gasteiger partial charge in [0.15, 0.2) is 0 Å². The normalized spacial score (nSPS) is 9.69. The smallest absolute Gasteiger partial charge is 0.248 e. The fraction of sp³-hybridized carbons (Fsp3) is 0.333. The highest BCUT2D eigenvalue weighted by Crippen LogP contribution is 2.13. The number of rotatable bonds is 3. The maximum absolute atomic E-state index is 11.0. The molecule has 4 heteroatoms. The van der Waals surface area contributed by atoms with Gasteiger partial charge in [-0.1, -0.05) is 6.58 Å². The van der Waals surface area contributed by atoms with E-state index in [0.29, 0.717) is 0 Å². The van der Waals surface area contributed by atoms with E-state index in [9.17, 15) is 4.79 Å². The number of aromatic nitrogens is 2. The van der Waals surface area contributed by atoms with Crippen molar-refractivity contribution in [2.45, 2.75) is 20.4 Å². The molecule has 0 atom stereocenters. The monoisotopic (exact) mass is 179 g/mol. The van der Waals surface area contributed by atoms with Crippen LogP contribution in [0.4, 0.5) is 5.82 Å². The molecule has 13 heavy (non-hydrogen) atoms. The Labute approximate surface area is 77.3 Å². The third kappa shape index (κ3) is 1.96. The summed E-state index contributed by atoms with van der Waals surface area (Å²) in [7, 11) is 0. The Hall–Kier alpha value is -1.58. The molecule has 1 rings (SSSR count). The van der Waals surface area contributed by atoms with Crippen LogP contribution in [0.5, 0.6) is 0 Å². The molecule has 1 heterocycles. The van der Waals surface area contributed by atoms with Gasteiger partial charge in [-0.05, 0) is 19.9 Å². The SMILES string of the molecule is C=CC(=O)Nc1c(C)cnn1CC. The first-order valence-electron chi connectivity index (χ1n) is 4.14. The van der Waals surface area contributed by atoms with Crippen molar-refractivity contribution in [2.24, 2.45) is 0 Å². The minimum absolute atomic E-state index is 0.210. The highest BCUT2D eigenvalue weighted by atomic mass is 16.1. The highest BCUT2D eigenvalue weighted by molar-refractivity contribution is 5.98. The first-order valence-corrected chi connectivity index (χ1v) is 4.14. The summed E-state index contributed by atoms with van der Waals surface area (Å²) in [4.78, 5) is 11.0. The minimum Gasteiger partial charge on any atom is -0.307 e. The Morgan fingerprint density at radius 2 is 2.54 bits per heavy atom. The van der Waals surface area contributed by atoms with Gasteiger partial charge >= 0.3 is 0 Å². The van der Waals surface area contributed by atoms with Gasteiger partial charge in [-0.3, -0.25) is 4.79 Å². The van der Waals surface area contributed by atoms with E-state index in [-0.39, 0.29) is 5.91 Å². The van der Waals surface area contributed by atoms with E-state index < -0.39 is 0 Å². The highest BCUT2D eigenvalue weighted by Gasteiger charge is 2.06. The summed E-state index contributed by atoms with van der Waals surface area (Å²) in [5.41, 5.74) is 0.956. The molecule has 0 saturated carbocycles. The zero-order valence-corrected chi connectivity index (χ0v) is 7.87. The quantitative estimate of drug-likeness (QED) is 0.712. The lowest BCUT2D eigenvalue weighted by Gasteiger charge is -2.05. The Bertz CT molecular complexity index is 328. The van der Waals surface area contributed by atoms with Crippen LogP contribution in [0.25, 0.3) is 0 Å². The third-order valence-electron chi connectivity index (χ3n) is 1.75. The van der Waals surface area contributed by atoms with Gasteiger partial charge in [-0.25, -0.2) is 4.68 Å². The maximum atomic E-state index is 11.0. The molecule has 0 fully saturated rings. The standard InChI is InChI=1S/C9H13N3O/c1-4-8(13)11-9-7(3)6-10-12(9)5-2/h4,6H,1,5H2,2-3H3,(H,11,13). The fourth-order valence-corrected chi connectivity index (χ4v) is 1.05. The largest absolute Gasteiger partial charge is 0.307 e. The lowest BCUT2D eigenvalue weighted by molar-refractivity contribution is -0.111. The van der Waals surface area contributed by atoms with E-state index >= 15 is 0 Å². The van der Waals surface area contributed by atoms with Crippen molar-refractivity contribution >= 4 is 11.7 Å². The van der Waals surface area contributed by atoms with Gasteiger partial charge in [0.1, 0.15) is 5.82 Å². The lowest BCUT2D eigenvalue weighted by Crippen LogP contribution is -2.13. The van der Waals surface area contributed by atoms with E-state index in [4.69, 9.17) is 0 Å². The Morgan fingerprint density at radius 1 is 1.85 bits per heavy atom. The lowest BCUT2D eigenvalue weighted by atomic mass is 10.3. The molecule has 1 N–H and O–H groups in total. The topological polar surface area (TPSA) is 46.9 Å². The van der Waals surface area contributed by atoms with Gasteiger partial charge in [0.25, 0.3) is 0 Å². The average Bonchev–Trinajstić information content (AvgIpc) is 2.48. The predicted molar refractivity (Wildman–Crippen MR) is 51.5 cm³/mol. The van der Waals surface area contributed by atoms with Crippen molar-refractivity contribution < 1.29 is 4.79 Å². The van der Waals surface area contributed by atoms with Crippen LogP contribution in [-0.4, -0.2) is 15.7 Å². The van der Waals surface area contributed by atoms with E-state index in [1.165, 1.54) is 6.08 Å². The summed E-state index contributed by atoms with van der Waals surface area (Å²) in [6, 6.07) is 0. The van der Waals surface area contributed by atoms with Gasteiger partial charge in [0.2, 0.25) is 5.91 Å². The number of carbonyl (C=O) groups excluding carboxylic acids is 1. The van der Waals surface area contributed by atoms with Crippen LogP contribution < -0.4 is 5.32 Å². The zero-order valence-electron chi connectivity index (χ0n) is 7.87. The molecular weight excluding hydrogens is 166 g/mol.